The standard InChI is InChI=1S/C33H33N5O4/c1-3-16-34-30(12-1)32-14-6-10-28(37-32)24-41-20-18-39-22-26-8-5-9-27(36-26)23-40-19-21-42-25-29-11-7-15-33(38-29)31-13-2-4-17-35-31/h1-17H,18-25H2. The molecule has 0 fully saturated rings. The van der Waals surface area contributed by atoms with E-state index in [0.717, 1.165) is 45.6 Å². The number of rotatable bonds is 16. The van der Waals surface area contributed by atoms with Gasteiger partial charge in [-0.2, -0.15) is 0 Å². The highest BCUT2D eigenvalue weighted by molar-refractivity contribution is 5.54. The topological polar surface area (TPSA) is 101 Å². The van der Waals surface area contributed by atoms with Crippen LogP contribution >= 0.6 is 0 Å². The largest absolute Gasteiger partial charge is 0.373 e. The predicted molar refractivity (Wildman–Crippen MR) is 158 cm³/mol. The number of hydrogen-bond donors (Lipinski definition) is 0. The van der Waals surface area contributed by atoms with Crippen LogP contribution in [-0.4, -0.2) is 51.3 Å². The minimum Gasteiger partial charge on any atom is -0.373 e. The summed E-state index contributed by atoms with van der Waals surface area (Å²) in [6.45, 7) is 3.46. The Morgan fingerprint density at radius 3 is 1.10 bits per heavy atom. The molecule has 0 spiro atoms. The molecule has 5 rings (SSSR count). The van der Waals surface area contributed by atoms with E-state index in [1.165, 1.54) is 0 Å². The van der Waals surface area contributed by atoms with Crippen molar-refractivity contribution in [3.63, 3.8) is 0 Å². The van der Waals surface area contributed by atoms with Crippen molar-refractivity contribution in [1.82, 2.24) is 24.9 Å². The van der Waals surface area contributed by atoms with Gasteiger partial charge in [-0.05, 0) is 60.7 Å². The van der Waals surface area contributed by atoms with Crippen molar-refractivity contribution in [2.24, 2.45) is 0 Å². The number of ether oxygens (including phenoxy) is 4. The Kier molecular flexibility index (Phi) is 11.2. The lowest BCUT2D eigenvalue weighted by Gasteiger charge is -2.09. The molecule has 0 saturated carbocycles. The quantitative estimate of drug-likeness (QED) is 0.145. The van der Waals surface area contributed by atoms with Gasteiger partial charge in [0, 0.05) is 12.4 Å². The monoisotopic (exact) mass is 563 g/mol. The molecule has 5 aromatic heterocycles. The summed E-state index contributed by atoms with van der Waals surface area (Å²) < 4.78 is 23.0. The van der Waals surface area contributed by atoms with E-state index in [4.69, 9.17) is 18.9 Å². The van der Waals surface area contributed by atoms with E-state index in [-0.39, 0.29) is 0 Å². The first-order chi connectivity index (χ1) is 20.8. The van der Waals surface area contributed by atoms with Crippen LogP contribution in [0.15, 0.2) is 103 Å². The average molecular weight is 564 g/mol. The van der Waals surface area contributed by atoms with Gasteiger partial charge < -0.3 is 18.9 Å². The van der Waals surface area contributed by atoms with E-state index in [1.807, 2.05) is 91.0 Å². The maximum Gasteiger partial charge on any atom is 0.0890 e. The van der Waals surface area contributed by atoms with Crippen LogP contribution in [0, 0.1) is 0 Å². The Labute approximate surface area is 245 Å². The van der Waals surface area contributed by atoms with Gasteiger partial charge in [-0.15, -0.1) is 0 Å². The molecule has 0 N–H and O–H groups in total. The molecule has 9 nitrogen and oxygen atoms in total. The second-order valence-corrected chi connectivity index (χ2v) is 9.29. The van der Waals surface area contributed by atoms with Gasteiger partial charge in [-0.3, -0.25) is 15.0 Å². The molecule has 0 atom stereocenters. The summed E-state index contributed by atoms with van der Waals surface area (Å²) in [4.78, 5) is 22.6. The smallest absolute Gasteiger partial charge is 0.0890 e. The number of pyridine rings is 5. The number of nitrogens with zero attached hydrogens (tertiary/aromatic N) is 5. The summed E-state index contributed by atoms with van der Waals surface area (Å²) >= 11 is 0. The number of hydrogen-bond acceptors (Lipinski definition) is 9. The first-order valence-electron chi connectivity index (χ1n) is 13.8. The summed E-state index contributed by atoms with van der Waals surface area (Å²) in [5.41, 5.74) is 6.73. The lowest BCUT2D eigenvalue weighted by atomic mass is 10.2. The summed E-state index contributed by atoms with van der Waals surface area (Å²) in [5, 5.41) is 0. The van der Waals surface area contributed by atoms with Gasteiger partial charge in [0.1, 0.15) is 0 Å². The fourth-order valence-corrected chi connectivity index (χ4v) is 4.07. The van der Waals surface area contributed by atoms with E-state index in [2.05, 4.69) is 24.9 Å². The average Bonchev–Trinajstić information content (AvgIpc) is 3.05. The van der Waals surface area contributed by atoms with E-state index in [1.54, 1.807) is 12.4 Å². The van der Waals surface area contributed by atoms with Gasteiger partial charge >= 0.3 is 0 Å². The first-order valence-corrected chi connectivity index (χ1v) is 13.8. The van der Waals surface area contributed by atoms with Crippen molar-refractivity contribution in [2.45, 2.75) is 26.4 Å². The SMILES string of the molecule is c1ccc(-c2cccc(COCCOCc3cccc(COCCOCc4cccc(-c5ccccn5)n4)n3)n2)nc1. The highest BCUT2D eigenvalue weighted by Gasteiger charge is 2.04. The lowest BCUT2D eigenvalue weighted by Crippen LogP contribution is -2.08. The molecule has 0 aliphatic carbocycles. The molecule has 0 amide bonds. The number of aromatic nitrogens is 5. The summed E-state index contributed by atoms with van der Waals surface area (Å²) in [5.74, 6) is 0. The lowest BCUT2D eigenvalue weighted by molar-refractivity contribution is 0.0292. The zero-order valence-electron chi connectivity index (χ0n) is 23.3. The summed E-state index contributed by atoms with van der Waals surface area (Å²) in [6.07, 6.45) is 3.52. The molecule has 5 aromatic rings. The Balaban J connectivity index is 0.941. The van der Waals surface area contributed by atoms with E-state index in [0.29, 0.717) is 52.9 Å². The normalized spacial score (nSPS) is 11.0. The third-order valence-corrected chi connectivity index (χ3v) is 6.08. The van der Waals surface area contributed by atoms with Crippen molar-refractivity contribution < 1.29 is 18.9 Å². The van der Waals surface area contributed by atoms with Crippen LogP contribution < -0.4 is 0 Å². The van der Waals surface area contributed by atoms with E-state index in [9.17, 15) is 0 Å². The van der Waals surface area contributed by atoms with Crippen molar-refractivity contribution in [3.8, 4) is 22.8 Å². The Morgan fingerprint density at radius 1 is 0.357 bits per heavy atom. The molecule has 214 valence electrons. The van der Waals surface area contributed by atoms with Crippen molar-refractivity contribution in [3.05, 3.63) is 126 Å². The zero-order chi connectivity index (χ0) is 28.7. The molecular formula is C33H33N5O4. The van der Waals surface area contributed by atoms with Crippen LogP contribution in [0.1, 0.15) is 22.8 Å². The van der Waals surface area contributed by atoms with Crippen molar-refractivity contribution in [1.29, 1.82) is 0 Å². The molecule has 42 heavy (non-hydrogen) atoms. The second kappa shape index (κ2) is 16.1. The molecule has 5 heterocycles. The third kappa shape index (κ3) is 9.32. The molecule has 0 aliphatic heterocycles. The summed E-state index contributed by atoms with van der Waals surface area (Å²) in [7, 11) is 0. The second-order valence-electron chi connectivity index (χ2n) is 9.29. The molecule has 0 aromatic carbocycles. The fraction of sp³-hybridized carbons (Fsp3) is 0.242. The summed E-state index contributed by atoms with van der Waals surface area (Å²) in [6, 6.07) is 29.1. The predicted octanol–water partition coefficient (Wildman–Crippen LogP) is 5.46. The highest BCUT2D eigenvalue weighted by atomic mass is 16.5. The van der Waals surface area contributed by atoms with E-state index < -0.39 is 0 Å². The maximum absolute atomic E-state index is 5.75. The van der Waals surface area contributed by atoms with Gasteiger partial charge in [0.15, 0.2) is 0 Å². The van der Waals surface area contributed by atoms with Gasteiger partial charge in [-0.25, -0.2) is 9.97 Å². The van der Waals surface area contributed by atoms with Crippen LogP contribution in [0.25, 0.3) is 22.8 Å². The third-order valence-electron chi connectivity index (χ3n) is 6.08. The van der Waals surface area contributed by atoms with Crippen LogP contribution in [0.5, 0.6) is 0 Å². The Bertz CT molecular complexity index is 1390. The zero-order valence-corrected chi connectivity index (χ0v) is 23.3. The molecular weight excluding hydrogens is 530 g/mol. The van der Waals surface area contributed by atoms with Crippen LogP contribution in [0.2, 0.25) is 0 Å². The Hall–Kier alpha value is -4.41. The molecule has 9 heteroatoms. The van der Waals surface area contributed by atoms with Gasteiger partial charge in [0.2, 0.25) is 0 Å². The molecule has 0 saturated heterocycles. The highest BCUT2D eigenvalue weighted by Crippen LogP contribution is 2.15. The van der Waals surface area contributed by atoms with Crippen LogP contribution in [0.3, 0.4) is 0 Å². The fourth-order valence-electron chi connectivity index (χ4n) is 4.07. The minimum atomic E-state index is 0.401. The Morgan fingerprint density at radius 2 is 0.714 bits per heavy atom. The van der Waals surface area contributed by atoms with Gasteiger partial charge in [-0.1, -0.05) is 30.3 Å². The van der Waals surface area contributed by atoms with E-state index >= 15 is 0 Å². The minimum absolute atomic E-state index is 0.401. The van der Waals surface area contributed by atoms with Crippen LogP contribution in [-0.2, 0) is 45.4 Å². The van der Waals surface area contributed by atoms with Crippen molar-refractivity contribution in [2.75, 3.05) is 26.4 Å². The maximum atomic E-state index is 5.75. The van der Waals surface area contributed by atoms with Gasteiger partial charge in [0.25, 0.3) is 0 Å². The van der Waals surface area contributed by atoms with Crippen LogP contribution in [0.4, 0.5) is 0 Å². The molecule has 0 radical (unpaired) electrons. The van der Waals surface area contributed by atoms with Gasteiger partial charge in [0.05, 0.1) is 98.4 Å². The van der Waals surface area contributed by atoms with Crippen molar-refractivity contribution >= 4 is 0 Å². The molecule has 0 aliphatic rings. The molecule has 0 unspecified atom stereocenters. The molecule has 0 bridgehead atoms. The first kappa shape index (κ1) is 29.1.